The summed E-state index contributed by atoms with van der Waals surface area (Å²) in [4.78, 5) is 17.4. The first-order valence-corrected chi connectivity index (χ1v) is 8.85. The summed E-state index contributed by atoms with van der Waals surface area (Å²) in [5.41, 5.74) is 4.28. The molecule has 0 bridgehead atoms. The molecule has 0 unspecified atom stereocenters. The van der Waals surface area contributed by atoms with Gasteiger partial charge in [-0.2, -0.15) is 0 Å². The lowest BCUT2D eigenvalue weighted by Crippen LogP contribution is -2.15. The highest BCUT2D eigenvalue weighted by atomic mass is 16.6. The molecule has 4 heteroatoms. The van der Waals surface area contributed by atoms with E-state index in [1.807, 2.05) is 69.3 Å². The quantitative estimate of drug-likeness (QED) is 0.480. The Hall–Kier alpha value is -2.88. The average molecular weight is 349 g/mol. The normalized spacial score (nSPS) is 10.7. The zero-order chi connectivity index (χ0) is 18.5. The van der Waals surface area contributed by atoms with Gasteiger partial charge in [-0.15, -0.1) is 0 Å². The first-order valence-electron chi connectivity index (χ1n) is 8.85. The van der Waals surface area contributed by atoms with Crippen molar-refractivity contribution in [1.29, 1.82) is 0 Å². The van der Waals surface area contributed by atoms with E-state index >= 15 is 0 Å². The third kappa shape index (κ3) is 3.69. The molecule has 1 heterocycles. The van der Waals surface area contributed by atoms with Crippen molar-refractivity contribution in [2.24, 2.45) is 0 Å². The second-order valence-corrected chi connectivity index (χ2v) is 6.18. The summed E-state index contributed by atoms with van der Waals surface area (Å²) < 4.78 is 11.2. The van der Waals surface area contributed by atoms with Gasteiger partial charge in [0.15, 0.2) is 0 Å². The van der Waals surface area contributed by atoms with Crippen molar-refractivity contribution in [3.63, 3.8) is 0 Å². The largest absolute Gasteiger partial charge is 0.490 e. The van der Waals surface area contributed by atoms with Gasteiger partial charge >= 0.3 is 5.97 Å². The Morgan fingerprint density at radius 3 is 2.50 bits per heavy atom. The lowest BCUT2D eigenvalue weighted by Gasteiger charge is -2.14. The molecular weight excluding hydrogens is 326 g/mol. The van der Waals surface area contributed by atoms with Crippen LogP contribution in [0.1, 0.15) is 34.1 Å². The average Bonchev–Trinajstić information content (AvgIpc) is 2.65. The number of aryl methyl sites for hydroxylation is 2. The lowest BCUT2D eigenvalue weighted by atomic mass is 10.0. The maximum absolute atomic E-state index is 12.7. The molecule has 0 saturated heterocycles. The molecule has 3 aromatic rings. The highest BCUT2D eigenvalue weighted by molar-refractivity contribution is 6.05. The van der Waals surface area contributed by atoms with Crippen molar-refractivity contribution in [2.45, 2.75) is 27.2 Å². The number of hydrogen-bond donors (Lipinski definition) is 0. The van der Waals surface area contributed by atoms with Crippen molar-refractivity contribution in [1.82, 2.24) is 4.98 Å². The Kier molecular flexibility index (Phi) is 5.52. The molecular formula is C22H23NO3. The Morgan fingerprint density at radius 2 is 1.73 bits per heavy atom. The molecule has 134 valence electrons. The third-order valence-corrected chi connectivity index (χ3v) is 4.44. The van der Waals surface area contributed by atoms with Gasteiger partial charge in [-0.3, -0.25) is 4.98 Å². The molecule has 0 atom stereocenters. The van der Waals surface area contributed by atoms with Gasteiger partial charge in [-0.25, -0.2) is 4.79 Å². The van der Waals surface area contributed by atoms with Crippen LogP contribution < -0.4 is 4.74 Å². The summed E-state index contributed by atoms with van der Waals surface area (Å²) in [5.74, 6) is 0.478. The Balaban J connectivity index is 1.73. The third-order valence-electron chi connectivity index (χ3n) is 4.44. The van der Waals surface area contributed by atoms with Gasteiger partial charge in [-0.05, 0) is 43.5 Å². The van der Waals surface area contributed by atoms with Gasteiger partial charge in [0.05, 0.1) is 11.1 Å². The van der Waals surface area contributed by atoms with E-state index in [0.29, 0.717) is 12.2 Å². The number of hydrogen-bond acceptors (Lipinski definition) is 4. The molecule has 0 amide bonds. The maximum atomic E-state index is 12.7. The van der Waals surface area contributed by atoms with Gasteiger partial charge < -0.3 is 9.47 Å². The highest BCUT2D eigenvalue weighted by Crippen LogP contribution is 2.24. The van der Waals surface area contributed by atoms with E-state index in [2.05, 4.69) is 4.98 Å². The van der Waals surface area contributed by atoms with Crippen LogP contribution in [0, 0.1) is 13.8 Å². The number of esters is 1. The van der Waals surface area contributed by atoms with Gasteiger partial charge in [0.2, 0.25) is 0 Å². The van der Waals surface area contributed by atoms with Gasteiger partial charge in [-0.1, -0.05) is 43.3 Å². The fraction of sp³-hybridized carbons (Fsp3) is 0.273. The lowest BCUT2D eigenvalue weighted by molar-refractivity contribution is 0.0451. The highest BCUT2D eigenvalue weighted by Gasteiger charge is 2.18. The molecule has 0 saturated carbocycles. The van der Waals surface area contributed by atoms with Crippen molar-refractivity contribution >= 4 is 16.9 Å². The van der Waals surface area contributed by atoms with E-state index in [1.54, 1.807) is 0 Å². The van der Waals surface area contributed by atoms with Crippen LogP contribution in [0.2, 0.25) is 0 Å². The van der Waals surface area contributed by atoms with Gasteiger partial charge in [0.1, 0.15) is 19.0 Å². The van der Waals surface area contributed by atoms with E-state index in [-0.39, 0.29) is 12.6 Å². The summed E-state index contributed by atoms with van der Waals surface area (Å²) in [6.07, 6.45) is 0.771. The van der Waals surface area contributed by atoms with Crippen LogP contribution in [0.15, 0.2) is 48.5 Å². The zero-order valence-electron chi connectivity index (χ0n) is 15.4. The number of pyridine rings is 1. The minimum Gasteiger partial charge on any atom is -0.490 e. The number of fused-ring (bicyclic) bond motifs is 1. The number of carbonyl (C=O) groups excluding carboxylic acids is 1. The van der Waals surface area contributed by atoms with Crippen LogP contribution in [0.25, 0.3) is 10.9 Å². The molecule has 0 radical (unpaired) electrons. The summed E-state index contributed by atoms with van der Waals surface area (Å²) in [6.45, 7) is 6.47. The van der Waals surface area contributed by atoms with Crippen LogP contribution in [-0.2, 0) is 11.2 Å². The van der Waals surface area contributed by atoms with E-state index in [4.69, 9.17) is 9.47 Å². The van der Waals surface area contributed by atoms with Crippen LogP contribution in [0.3, 0.4) is 0 Å². The van der Waals surface area contributed by atoms with Gasteiger partial charge in [0, 0.05) is 11.1 Å². The molecule has 0 spiro atoms. The van der Waals surface area contributed by atoms with E-state index in [9.17, 15) is 4.79 Å². The van der Waals surface area contributed by atoms with E-state index in [1.165, 1.54) is 0 Å². The molecule has 0 aliphatic heterocycles. The topological polar surface area (TPSA) is 48.4 Å². The minimum absolute atomic E-state index is 0.199. The fourth-order valence-electron chi connectivity index (χ4n) is 3.04. The first kappa shape index (κ1) is 17.9. The summed E-state index contributed by atoms with van der Waals surface area (Å²) in [7, 11) is 0. The molecule has 26 heavy (non-hydrogen) atoms. The number of rotatable bonds is 6. The predicted octanol–water partition coefficient (Wildman–Crippen LogP) is 4.65. The second kappa shape index (κ2) is 8.00. The van der Waals surface area contributed by atoms with Crippen LogP contribution in [0.4, 0.5) is 0 Å². The Morgan fingerprint density at radius 1 is 1.00 bits per heavy atom. The summed E-state index contributed by atoms with van der Waals surface area (Å²) >= 11 is 0. The number of aromatic nitrogens is 1. The van der Waals surface area contributed by atoms with Crippen molar-refractivity contribution in [3.05, 3.63) is 70.9 Å². The van der Waals surface area contributed by atoms with Crippen LogP contribution in [0.5, 0.6) is 5.75 Å². The van der Waals surface area contributed by atoms with Crippen molar-refractivity contribution < 1.29 is 14.3 Å². The Bertz CT molecular complexity index is 934. The first-order chi connectivity index (χ1) is 12.6. The van der Waals surface area contributed by atoms with E-state index < -0.39 is 0 Å². The smallest absolute Gasteiger partial charge is 0.339 e. The molecule has 1 aromatic heterocycles. The SMILES string of the molecule is CCc1nc2ccccc2c(C(=O)OCCOc2ccccc2C)c1C. The molecule has 0 aliphatic rings. The molecule has 0 aliphatic carbocycles. The molecule has 0 fully saturated rings. The van der Waals surface area contributed by atoms with Gasteiger partial charge in [0.25, 0.3) is 0 Å². The maximum Gasteiger partial charge on any atom is 0.339 e. The second-order valence-electron chi connectivity index (χ2n) is 6.18. The van der Waals surface area contributed by atoms with E-state index in [0.717, 1.165) is 39.9 Å². The summed E-state index contributed by atoms with van der Waals surface area (Å²) in [6, 6.07) is 15.5. The molecule has 0 N–H and O–H groups in total. The Labute approximate surface area is 153 Å². The van der Waals surface area contributed by atoms with Crippen LogP contribution in [-0.4, -0.2) is 24.2 Å². The minimum atomic E-state index is -0.329. The zero-order valence-corrected chi connectivity index (χ0v) is 15.4. The van der Waals surface area contributed by atoms with Crippen LogP contribution >= 0.6 is 0 Å². The molecule has 4 nitrogen and oxygen atoms in total. The number of carbonyl (C=O) groups is 1. The number of nitrogens with zero attached hydrogens (tertiary/aromatic N) is 1. The van der Waals surface area contributed by atoms with Crippen molar-refractivity contribution in [3.8, 4) is 5.75 Å². The van der Waals surface area contributed by atoms with Crippen molar-refractivity contribution in [2.75, 3.05) is 13.2 Å². The standard InChI is InChI=1S/C22H23NO3/c1-4-18-16(3)21(17-10-6-7-11-19(17)23-18)22(24)26-14-13-25-20-12-8-5-9-15(20)2/h5-12H,4,13-14H2,1-3H3. The predicted molar refractivity (Wildman–Crippen MR) is 103 cm³/mol. The number of benzene rings is 2. The molecule has 2 aromatic carbocycles. The molecule has 3 rings (SSSR count). The fourth-order valence-corrected chi connectivity index (χ4v) is 3.04. The summed E-state index contributed by atoms with van der Waals surface area (Å²) in [5, 5.41) is 0.826. The number of para-hydroxylation sites is 2. The monoisotopic (exact) mass is 349 g/mol. The number of ether oxygens (including phenoxy) is 2.